The van der Waals surface area contributed by atoms with Gasteiger partial charge in [0.25, 0.3) is 5.91 Å². The molecule has 1 amide bonds. The molecule has 2 aromatic heterocycles. The maximum absolute atomic E-state index is 13.1. The minimum atomic E-state index is -0.0124. The first-order valence-corrected chi connectivity index (χ1v) is 10.1. The largest absolute Gasteiger partial charge is 0.496 e. The van der Waals surface area contributed by atoms with Crippen LogP contribution >= 0.6 is 0 Å². The van der Waals surface area contributed by atoms with Gasteiger partial charge >= 0.3 is 0 Å². The number of hydrogen-bond donors (Lipinski definition) is 0. The molecule has 0 aliphatic carbocycles. The summed E-state index contributed by atoms with van der Waals surface area (Å²) in [6, 6.07) is 13.4. The molecule has 156 valence electrons. The zero-order chi connectivity index (χ0) is 21.1. The van der Waals surface area contributed by atoms with Crippen molar-refractivity contribution >= 4 is 5.91 Å². The lowest BCUT2D eigenvalue weighted by Gasteiger charge is -2.32. The molecule has 7 nitrogen and oxygen atoms in total. The van der Waals surface area contributed by atoms with Crippen LogP contribution in [0.5, 0.6) is 11.5 Å². The maximum Gasteiger partial charge on any atom is 0.272 e. The van der Waals surface area contributed by atoms with Gasteiger partial charge in [-0.3, -0.25) is 14.5 Å². The topological polar surface area (TPSA) is 69.5 Å². The highest BCUT2D eigenvalue weighted by Crippen LogP contribution is 2.29. The van der Waals surface area contributed by atoms with E-state index in [1.165, 1.54) is 0 Å². The monoisotopic (exact) mass is 406 g/mol. The molecule has 0 bridgehead atoms. The predicted octanol–water partition coefficient (Wildman–Crippen LogP) is 3.48. The zero-order valence-corrected chi connectivity index (χ0v) is 17.5. The maximum atomic E-state index is 13.1. The lowest BCUT2D eigenvalue weighted by atomic mass is 10.1. The molecular weight excluding hydrogens is 380 g/mol. The van der Waals surface area contributed by atoms with Crippen molar-refractivity contribution in [3.05, 3.63) is 60.0 Å². The normalized spacial score (nSPS) is 14.6. The van der Waals surface area contributed by atoms with Crippen molar-refractivity contribution in [1.29, 1.82) is 0 Å². The number of aromatic nitrogens is 3. The van der Waals surface area contributed by atoms with E-state index in [2.05, 4.69) is 10.1 Å². The van der Waals surface area contributed by atoms with Crippen molar-refractivity contribution in [1.82, 2.24) is 19.7 Å². The molecule has 4 rings (SSSR count). The number of pyridine rings is 1. The van der Waals surface area contributed by atoms with Gasteiger partial charge in [-0.25, -0.2) is 0 Å². The number of amides is 1. The van der Waals surface area contributed by atoms with Crippen molar-refractivity contribution in [2.24, 2.45) is 7.05 Å². The van der Waals surface area contributed by atoms with Crippen LogP contribution in [0.4, 0.5) is 0 Å². The summed E-state index contributed by atoms with van der Waals surface area (Å²) in [5.74, 6) is 1.50. The number of carbonyl (C=O) groups excluding carboxylic acids is 1. The van der Waals surface area contributed by atoms with Crippen LogP contribution in [0.3, 0.4) is 0 Å². The third-order valence-corrected chi connectivity index (χ3v) is 5.40. The Balaban J connectivity index is 1.42. The summed E-state index contributed by atoms with van der Waals surface area (Å²) in [4.78, 5) is 19.2. The van der Waals surface area contributed by atoms with Crippen molar-refractivity contribution in [2.75, 3.05) is 20.2 Å². The summed E-state index contributed by atoms with van der Waals surface area (Å²) < 4.78 is 13.1. The Kier molecular flexibility index (Phi) is 5.70. The fourth-order valence-corrected chi connectivity index (χ4v) is 3.71. The Labute approximate surface area is 176 Å². The third kappa shape index (κ3) is 4.15. The summed E-state index contributed by atoms with van der Waals surface area (Å²) in [5, 5.41) is 4.54. The summed E-state index contributed by atoms with van der Waals surface area (Å²) in [6.45, 7) is 3.25. The van der Waals surface area contributed by atoms with Gasteiger partial charge < -0.3 is 14.4 Å². The fraction of sp³-hybridized carbons (Fsp3) is 0.348. The Bertz CT molecular complexity index is 1020. The third-order valence-electron chi connectivity index (χ3n) is 5.40. The Morgan fingerprint density at radius 1 is 1.13 bits per heavy atom. The quantitative estimate of drug-likeness (QED) is 0.649. The first-order valence-electron chi connectivity index (χ1n) is 10.1. The molecule has 1 saturated heterocycles. The molecule has 1 fully saturated rings. The number of nitrogens with zero attached hydrogens (tertiary/aromatic N) is 4. The molecule has 0 N–H and O–H groups in total. The summed E-state index contributed by atoms with van der Waals surface area (Å²) in [7, 11) is 3.43. The van der Waals surface area contributed by atoms with Crippen LogP contribution in [0.1, 0.15) is 29.0 Å². The number of piperidine rings is 1. The van der Waals surface area contributed by atoms with E-state index in [1.54, 1.807) is 25.0 Å². The number of carbonyl (C=O) groups is 1. The van der Waals surface area contributed by atoms with E-state index < -0.39 is 0 Å². The highest BCUT2D eigenvalue weighted by molar-refractivity contribution is 5.94. The highest BCUT2D eigenvalue weighted by atomic mass is 16.5. The number of para-hydroxylation sites is 1. The van der Waals surface area contributed by atoms with Crippen LogP contribution in [0.15, 0.2) is 48.7 Å². The number of likely N-dealkylation sites (tertiary alicyclic amines) is 1. The van der Waals surface area contributed by atoms with Crippen LogP contribution in [0, 0.1) is 6.92 Å². The molecule has 0 unspecified atom stereocenters. The molecule has 1 aliphatic heterocycles. The minimum Gasteiger partial charge on any atom is -0.496 e. The molecule has 1 aliphatic rings. The van der Waals surface area contributed by atoms with Crippen LogP contribution in [0.2, 0.25) is 0 Å². The van der Waals surface area contributed by atoms with Gasteiger partial charge in [0.2, 0.25) is 0 Å². The van der Waals surface area contributed by atoms with Gasteiger partial charge in [-0.15, -0.1) is 0 Å². The summed E-state index contributed by atoms with van der Waals surface area (Å²) in [6.07, 6.45) is 3.42. The molecule has 7 heteroatoms. The number of aryl methyl sites for hydroxylation is 2. The Morgan fingerprint density at radius 2 is 1.90 bits per heavy atom. The van der Waals surface area contributed by atoms with Crippen molar-refractivity contribution in [3.63, 3.8) is 0 Å². The molecule has 0 spiro atoms. The van der Waals surface area contributed by atoms with Gasteiger partial charge in [0.15, 0.2) is 0 Å². The molecular formula is C23H26N4O3. The van der Waals surface area contributed by atoms with E-state index >= 15 is 0 Å². The van der Waals surface area contributed by atoms with Crippen molar-refractivity contribution in [2.45, 2.75) is 25.9 Å². The van der Waals surface area contributed by atoms with Gasteiger partial charge in [-0.2, -0.15) is 5.10 Å². The molecule has 3 heterocycles. The molecule has 1 aromatic carbocycles. The number of ether oxygens (including phenoxy) is 2. The number of benzene rings is 1. The van der Waals surface area contributed by atoms with Crippen LogP contribution in [-0.2, 0) is 7.05 Å². The first kappa shape index (κ1) is 19.9. The van der Waals surface area contributed by atoms with Gasteiger partial charge in [0.1, 0.15) is 23.3 Å². The second-order valence-electron chi connectivity index (χ2n) is 7.48. The van der Waals surface area contributed by atoms with E-state index in [4.69, 9.17) is 9.47 Å². The van der Waals surface area contributed by atoms with Crippen LogP contribution in [0.25, 0.3) is 11.3 Å². The first-order chi connectivity index (χ1) is 14.5. The SMILES string of the molecule is COc1ccccc1-c1cc(C(=O)N2CCC(Oc3ccc(C)nc3)CC2)n(C)n1. The molecule has 0 radical (unpaired) electrons. The summed E-state index contributed by atoms with van der Waals surface area (Å²) in [5.41, 5.74) is 3.13. The molecule has 0 atom stereocenters. The minimum absolute atomic E-state index is 0.0124. The van der Waals surface area contributed by atoms with Gasteiger partial charge in [0.05, 0.1) is 19.0 Å². The Hall–Kier alpha value is -3.35. The Morgan fingerprint density at radius 3 is 2.60 bits per heavy atom. The predicted molar refractivity (Wildman–Crippen MR) is 114 cm³/mol. The van der Waals surface area contributed by atoms with Crippen LogP contribution < -0.4 is 9.47 Å². The second-order valence-corrected chi connectivity index (χ2v) is 7.48. The zero-order valence-electron chi connectivity index (χ0n) is 17.5. The second kappa shape index (κ2) is 8.57. The number of methoxy groups -OCH3 is 1. The average Bonchev–Trinajstić information content (AvgIpc) is 3.16. The van der Waals surface area contributed by atoms with E-state index in [0.717, 1.165) is 41.3 Å². The van der Waals surface area contributed by atoms with E-state index in [0.29, 0.717) is 18.8 Å². The smallest absolute Gasteiger partial charge is 0.272 e. The summed E-state index contributed by atoms with van der Waals surface area (Å²) >= 11 is 0. The number of hydrogen-bond acceptors (Lipinski definition) is 5. The number of rotatable bonds is 5. The van der Waals surface area contributed by atoms with Crippen LogP contribution in [-0.4, -0.2) is 51.9 Å². The lowest BCUT2D eigenvalue weighted by molar-refractivity contribution is 0.0585. The average molecular weight is 406 g/mol. The lowest BCUT2D eigenvalue weighted by Crippen LogP contribution is -2.42. The van der Waals surface area contributed by atoms with Crippen molar-refractivity contribution < 1.29 is 14.3 Å². The van der Waals surface area contributed by atoms with Gasteiger partial charge in [-0.1, -0.05) is 12.1 Å². The molecule has 0 saturated carbocycles. The van der Waals surface area contributed by atoms with E-state index in [9.17, 15) is 4.79 Å². The fourth-order valence-electron chi connectivity index (χ4n) is 3.71. The van der Waals surface area contributed by atoms with E-state index in [1.807, 2.05) is 54.3 Å². The molecule has 30 heavy (non-hydrogen) atoms. The van der Waals surface area contributed by atoms with Crippen molar-refractivity contribution in [3.8, 4) is 22.8 Å². The van der Waals surface area contributed by atoms with Gasteiger partial charge in [-0.05, 0) is 37.3 Å². The standard InChI is InChI=1S/C23H26N4O3/c1-16-8-9-18(15-24-16)30-17-10-12-27(13-11-17)23(28)21-14-20(25-26(21)2)19-6-4-5-7-22(19)29-3/h4-9,14-15,17H,10-13H2,1-3H3. The van der Waals surface area contributed by atoms with E-state index in [-0.39, 0.29) is 12.0 Å². The van der Waals surface area contributed by atoms with Gasteiger partial charge in [0, 0.05) is 44.2 Å². The molecule has 3 aromatic rings. The highest BCUT2D eigenvalue weighted by Gasteiger charge is 2.27.